The van der Waals surface area contributed by atoms with Crippen molar-refractivity contribution in [2.75, 3.05) is 13.1 Å². The van der Waals surface area contributed by atoms with E-state index in [1.807, 2.05) is 32.0 Å². The van der Waals surface area contributed by atoms with E-state index in [0.717, 1.165) is 66.0 Å². The fraction of sp³-hybridized carbons (Fsp3) is 0.429. The molecule has 0 atom stereocenters. The smallest absolute Gasteiger partial charge is 0.0921 e. The number of nitrogens with one attached hydrogen (secondary N) is 1. The number of pyridine rings is 1. The number of aromatic amines is 1. The minimum absolute atomic E-state index is 0.744. The molecule has 1 saturated heterocycles. The number of aliphatic hydroxyl groups is 1. The van der Waals surface area contributed by atoms with Gasteiger partial charge in [-0.05, 0) is 57.4 Å². The summed E-state index contributed by atoms with van der Waals surface area (Å²) in [5, 5.41) is 19.7. The molecule has 26 heavy (non-hydrogen) atoms. The molecule has 3 heterocycles. The highest BCUT2D eigenvalue weighted by molar-refractivity contribution is 5.79. The first-order valence-electron chi connectivity index (χ1n) is 9.28. The topological polar surface area (TPSA) is 65.0 Å². The number of nitrogens with zero attached hydrogens (tertiary/aromatic N) is 3. The van der Waals surface area contributed by atoms with Gasteiger partial charge in [-0.2, -0.15) is 5.10 Å². The van der Waals surface area contributed by atoms with Crippen LogP contribution < -0.4 is 0 Å². The first-order valence-corrected chi connectivity index (χ1v) is 9.28. The van der Waals surface area contributed by atoms with Crippen LogP contribution in [0.1, 0.15) is 41.1 Å². The summed E-state index contributed by atoms with van der Waals surface area (Å²) in [5.74, 6) is 0. The van der Waals surface area contributed by atoms with E-state index < -0.39 is 5.60 Å². The second kappa shape index (κ2) is 6.49. The molecule has 0 unspecified atom stereocenters. The lowest BCUT2D eigenvalue weighted by molar-refractivity contribution is -0.0276. The Balaban J connectivity index is 1.50. The van der Waals surface area contributed by atoms with Crippen molar-refractivity contribution in [1.82, 2.24) is 20.1 Å². The molecule has 1 aromatic carbocycles. The van der Waals surface area contributed by atoms with Crippen LogP contribution in [0.3, 0.4) is 0 Å². The molecule has 0 aliphatic carbocycles. The highest BCUT2D eigenvalue weighted by Gasteiger charge is 2.34. The van der Waals surface area contributed by atoms with Crippen molar-refractivity contribution < 1.29 is 5.11 Å². The Bertz CT molecular complexity index is 919. The Morgan fingerprint density at radius 3 is 2.58 bits per heavy atom. The van der Waals surface area contributed by atoms with E-state index in [1.165, 1.54) is 5.56 Å². The van der Waals surface area contributed by atoms with E-state index in [4.69, 9.17) is 0 Å². The third-order valence-electron chi connectivity index (χ3n) is 5.71. The van der Waals surface area contributed by atoms with E-state index in [-0.39, 0.29) is 0 Å². The van der Waals surface area contributed by atoms with Gasteiger partial charge in [0.25, 0.3) is 0 Å². The molecule has 1 fully saturated rings. The van der Waals surface area contributed by atoms with Crippen molar-refractivity contribution in [2.45, 2.75) is 45.8 Å². The SMILES string of the molecule is Cc1ccc2cc(C3(O)CCN(Cc4c(C)n[nH]c4C)CC3)ccc2n1. The molecule has 5 nitrogen and oxygen atoms in total. The number of fused-ring (bicyclic) bond motifs is 1. The van der Waals surface area contributed by atoms with E-state index >= 15 is 0 Å². The summed E-state index contributed by atoms with van der Waals surface area (Å²) in [5.41, 5.74) is 5.74. The molecule has 136 valence electrons. The van der Waals surface area contributed by atoms with Crippen molar-refractivity contribution in [1.29, 1.82) is 0 Å². The number of hydrogen-bond acceptors (Lipinski definition) is 4. The lowest BCUT2D eigenvalue weighted by Gasteiger charge is -2.38. The Labute approximate surface area is 154 Å². The van der Waals surface area contributed by atoms with Gasteiger partial charge in [-0.25, -0.2) is 0 Å². The monoisotopic (exact) mass is 350 g/mol. The minimum atomic E-state index is -0.754. The molecule has 3 aromatic rings. The van der Waals surface area contributed by atoms with Crippen LogP contribution in [0.2, 0.25) is 0 Å². The summed E-state index contributed by atoms with van der Waals surface area (Å²) in [7, 11) is 0. The molecule has 2 aromatic heterocycles. The first kappa shape index (κ1) is 17.2. The van der Waals surface area contributed by atoms with Crippen LogP contribution in [-0.2, 0) is 12.1 Å². The summed E-state index contributed by atoms with van der Waals surface area (Å²) >= 11 is 0. The van der Waals surface area contributed by atoms with Gasteiger partial charge in [0.15, 0.2) is 0 Å². The van der Waals surface area contributed by atoms with Gasteiger partial charge in [0.05, 0.1) is 16.8 Å². The van der Waals surface area contributed by atoms with Crippen LogP contribution >= 0.6 is 0 Å². The number of aryl methyl sites for hydroxylation is 3. The summed E-state index contributed by atoms with van der Waals surface area (Å²) in [6.07, 6.45) is 1.49. The Morgan fingerprint density at radius 1 is 1.12 bits per heavy atom. The second-order valence-electron chi connectivity index (χ2n) is 7.58. The summed E-state index contributed by atoms with van der Waals surface area (Å²) in [4.78, 5) is 6.96. The van der Waals surface area contributed by atoms with E-state index in [0.29, 0.717) is 0 Å². The van der Waals surface area contributed by atoms with Crippen molar-refractivity contribution >= 4 is 10.9 Å². The van der Waals surface area contributed by atoms with Crippen molar-refractivity contribution in [2.24, 2.45) is 0 Å². The molecule has 5 heteroatoms. The van der Waals surface area contributed by atoms with Crippen LogP contribution in [0.25, 0.3) is 10.9 Å². The summed E-state index contributed by atoms with van der Waals surface area (Å²) < 4.78 is 0. The fourth-order valence-electron chi connectivity index (χ4n) is 3.92. The van der Waals surface area contributed by atoms with Crippen LogP contribution in [0.4, 0.5) is 0 Å². The van der Waals surface area contributed by atoms with Crippen LogP contribution in [0, 0.1) is 20.8 Å². The molecular weight excluding hydrogens is 324 g/mol. The third-order valence-corrected chi connectivity index (χ3v) is 5.71. The van der Waals surface area contributed by atoms with Gasteiger partial charge >= 0.3 is 0 Å². The maximum absolute atomic E-state index is 11.2. The molecule has 0 amide bonds. The molecule has 0 saturated carbocycles. The Morgan fingerprint density at radius 2 is 1.88 bits per heavy atom. The highest BCUT2D eigenvalue weighted by Crippen LogP contribution is 2.34. The van der Waals surface area contributed by atoms with Crippen molar-refractivity contribution in [3.63, 3.8) is 0 Å². The Kier molecular flexibility index (Phi) is 4.29. The number of rotatable bonds is 3. The minimum Gasteiger partial charge on any atom is -0.385 e. The zero-order valence-corrected chi connectivity index (χ0v) is 15.7. The van der Waals surface area contributed by atoms with Crippen LogP contribution in [0.15, 0.2) is 30.3 Å². The van der Waals surface area contributed by atoms with E-state index in [2.05, 4.69) is 39.1 Å². The quantitative estimate of drug-likeness (QED) is 0.760. The third kappa shape index (κ3) is 3.13. The van der Waals surface area contributed by atoms with Gasteiger partial charge in [0.1, 0.15) is 0 Å². The average Bonchev–Trinajstić information content (AvgIpc) is 2.95. The largest absolute Gasteiger partial charge is 0.385 e. The number of H-pyrrole nitrogens is 1. The number of benzene rings is 1. The lowest BCUT2D eigenvalue weighted by atomic mass is 9.83. The van der Waals surface area contributed by atoms with Gasteiger partial charge in [0, 0.05) is 42.0 Å². The van der Waals surface area contributed by atoms with E-state index in [9.17, 15) is 5.11 Å². The average molecular weight is 350 g/mol. The van der Waals surface area contributed by atoms with Gasteiger partial charge < -0.3 is 5.11 Å². The highest BCUT2D eigenvalue weighted by atomic mass is 16.3. The van der Waals surface area contributed by atoms with Gasteiger partial charge in [-0.3, -0.25) is 15.0 Å². The lowest BCUT2D eigenvalue weighted by Crippen LogP contribution is -2.42. The predicted molar refractivity (Wildman–Crippen MR) is 103 cm³/mol. The maximum atomic E-state index is 11.2. The first-order chi connectivity index (χ1) is 12.4. The predicted octanol–water partition coefficient (Wildman–Crippen LogP) is 3.37. The molecule has 1 aliphatic heterocycles. The van der Waals surface area contributed by atoms with Gasteiger partial charge in [-0.15, -0.1) is 0 Å². The second-order valence-corrected chi connectivity index (χ2v) is 7.58. The molecule has 0 spiro atoms. The Hall–Kier alpha value is -2.24. The summed E-state index contributed by atoms with van der Waals surface area (Å²) in [6.45, 7) is 8.77. The number of aromatic nitrogens is 3. The number of piperidine rings is 1. The number of likely N-dealkylation sites (tertiary alicyclic amines) is 1. The molecule has 4 rings (SSSR count). The standard InChI is InChI=1S/C21H26N4O/c1-14-4-5-17-12-18(6-7-20(17)22-14)21(26)8-10-25(11-9-21)13-19-15(2)23-24-16(19)3/h4-7,12,26H,8-11,13H2,1-3H3,(H,23,24). The van der Waals surface area contributed by atoms with Crippen molar-refractivity contribution in [3.05, 3.63) is 58.5 Å². The zero-order chi connectivity index (χ0) is 18.3. The molecule has 0 radical (unpaired) electrons. The van der Waals surface area contributed by atoms with Crippen LogP contribution in [0.5, 0.6) is 0 Å². The van der Waals surface area contributed by atoms with Crippen molar-refractivity contribution in [3.8, 4) is 0 Å². The zero-order valence-electron chi connectivity index (χ0n) is 15.7. The molecule has 2 N–H and O–H groups in total. The van der Waals surface area contributed by atoms with Crippen LogP contribution in [-0.4, -0.2) is 38.3 Å². The molecule has 0 bridgehead atoms. The normalized spacial score (nSPS) is 17.7. The maximum Gasteiger partial charge on any atom is 0.0921 e. The van der Waals surface area contributed by atoms with E-state index in [1.54, 1.807) is 0 Å². The molecular formula is C21H26N4O. The van der Waals surface area contributed by atoms with Gasteiger partial charge in [0.2, 0.25) is 0 Å². The number of hydrogen-bond donors (Lipinski definition) is 2. The van der Waals surface area contributed by atoms with Gasteiger partial charge in [-0.1, -0.05) is 12.1 Å². The fourth-order valence-corrected chi connectivity index (χ4v) is 3.92. The molecule has 1 aliphatic rings. The summed E-state index contributed by atoms with van der Waals surface area (Å²) in [6, 6.07) is 10.3.